The van der Waals surface area contributed by atoms with Crippen molar-refractivity contribution >= 4 is 0 Å². The van der Waals surface area contributed by atoms with Gasteiger partial charge in [0.1, 0.15) is 5.75 Å². The molecule has 16 heavy (non-hydrogen) atoms. The summed E-state index contributed by atoms with van der Waals surface area (Å²) >= 11 is 0. The van der Waals surface area contributed by atoms with Crippen molar-refractivity contribution in [1.82, 2.24) is 0 Å². The van der Waals surface area contributed by atoms with E-state index in [1.807, 2.05) is 0 Å². The van der Waals surface area contributed by atoms with Gasteiger partial charge in [-0.15, -0.1) is 0 Å². The van der Waals surface area contributed by atoms with Gasteiger partial charge in [0.05, 0.1) is 6.61 Å². The maximum absolute atomic E-state index is 5.81. The molecule has 1 heteroatoms. The summed E-state index contributed by atoms with van der Waals surface area (Å²) in [6.07, 6.45) is 3.73. The Kier molecular flexibility index (Phi) is 3.52. The highest BCUT2D eigenvalue weighted by atomic mass is 16.5. The number of benzene rings is 1. The molecule has 1 fully saturated rings. The van der Waals surface area contributed by atoms with Crippen LogP contribution in [0.4, 0.5) is 0 Å². The first-order chi connectivity index (χ1) is 7.72. The van der Waals surface area contributed by atoms with Crippen LogP contribution in [-0.2, 0) is 0 Å². The van der Waals surface area contributed by atoms with Gasteiger partial charge in [-0.2, -0.15) is 0 Å². The van der Waals surface area contributed by atoms with Crippen molar-refractivity contribution in [1.29, 1.82) is 0 Å². The minimum Gasteiger partial charge on any atom is -0.493 e. The second-order valence-electron chi connectivity index (χ2n) is 4.88. The fourth-order valence-electron chi connectivity index (χ4n) is 1.92. The van der Waals surface area contributed by atoms with E-state index >= 15 is 0 Å². The van der Waals surface area contributed by atoms with Gasteiger partial charge in [-0.25, -0.2) is 0 Å². The van der Waals surface area contributed by atoms with Crippen molar-refractivity contribution in [2.24, 2.45) is 0 Å². The van der Waals surface area contributed by atoms with Crippen LogP contribution in [0.2, 0.25) is 0 Å². The van der Waals surface area contributed by atoms with E-state index < -0.39 is 0 Å². The smallest absolute Gasteiger partial charge is 0.122 e. The van der Waals surface area contributed by atoms with Gasteiger partial charge in [0, 0.05) is 0 Å². The summed E-state index contributed by atoms with van der Waals surface area (Å²) < 4.78 is 5.81. The van der Waals surface area contributed by atoms with Crippen LogP contribution >= 0.6 is 0 Å². The molecule has 0 N–H and O–H groups in total. The Labute approximate surface area is 98.8 Å². The molecule has 1 nitrogen and oxygen atoms in total. The first-order valence-electron chi connectivity index (χ1n) is 6.29. The molecule has 1 aromatic rings. The summed E-state index contributed by atoms with van der Waals surface area (Å²) in [5.74, 6) is 3.24. The molecule has 87 valence electrons. The van der Waals surface area contributed by atoms with Crippen molar-refractivity contribution in [3.63, 3.8) is 0 Å². The Hall–Kier alpha value is -0.980. The van der Waals surface area contributed by atoms with Crippen LogP contribution in [0.1, 0.15) is 57.1 Å². The molecule has 1 aliphatic rings. The van der Waals surface area contributed by atoms with Crippen LogP contribution in [0.3, 0.4) is 0 Å². The van der Waals surface area contributed by atoms with Gasteiger partial charge in [-0.05, 0) is 48.3 Å². The van der Waals surface area contributed by atoms with Crippen LogP contribution in [0.15, 0.2) is 18.2 Å². The third kappa shape index (κ3) is 2.58. The number of ether oxygens (including phenoxy) is 1. The largest absolute Gasteiger partial charge is 0.493 e. The van der Waals surface area contributed by atoms with Crippen molar-refractivity contribution in [3.05, 3.63) is 35.2 Å². The first kappa shape index (κ1) is 11.5. The normalized spacial score (nSPS) is 15.5. The van der Waals surface area contributed by atoms with E-state index in [1.165, 1.54) is 29.9 Å². The lowest BCUT2D eigenvalue weighted by atomic mass is 9.98. The number of hydrogen-bond acceptors (Lipinski definition) is 1. The lowest BCUT2D eigenvalue weighted by Gasteiger charge is -2.13. The molecule has 0 heterocycles. The topological polar surface area (TPSA) is 9.23 Å². The van der Waals surface area contributed by atoms with Crippen LogP contribution in [0.5, 0.6) is 5.75 Å². The van der Waals surface area contributed by atoms with E-state index in [0.717, 1.165) is 24.7 Å². The van der Waals surface area contributed by atoms with Gasteiger partial charge in [-0.3, -0.25) is 0 Å². The molecule has 1 radical (unpaired) electrons. The minimum atomic E-state index is 0.756. The van der Waals surface area contributed by atoms with Gasteiger partial charge >= 0.3 is 0 Å². The molecule has 1 aromatic carbocycles. The Morgan fingerprint density at radius 1 is 1.31 bits per heavy atom. The first-order valence-corrected chi connectivity index (χ1v) is 6.29. The number of rotatable bonds is 5. The summed E-state index contributed by atoms with van der Waals surface area (Å²) in [5, 5.41) is 0. The maximum Gasteiger partial charge on any atom is 0.122 e. The lowest BCUT2D eigenvalue weighted by Crippen LogP contribution is -2.00. The molecule has 0 amide bonds. The highest BCUT2D eigenvalue weighted by Gasteiger charge is 2.27. The lowest BCUT2D eigenvalue weighted by molar-refractivity contribution is 0.314. The van der Waals surface area contributed by atoms with Crippen LogP contribution in [-0.4, -0.2) is 6.61 Å². The predicted molar refractivity (Wildman–Crippen MR) is 67.9 cm³/mol. The van der Waals surface area contributed by atoms with Crippen LogP contribution in [0, 0.1) is 5.92 Å². The molecule has 1 saturated carbocycles. The second kappa shape index (κ2) is 4.90. The van der Waals surface area contributed by atoms with Crippen molar-refractivity contribution in [2.75, 3.05) is 6.61 Å². The van der Waals surface area contributed by atoms with Gasteiger partial charge in [0.2, 0.25) is 0 Å². The van der Waals surface area contributed by atoms with E-state index in [1.54, 1.807) is 0 Å². The second-order valence-corrected chi connectivity index (χ2v) is 4.88. The highest BCUT2D eigenvalue weighted by Crippen LogP contribution is 2.45. The molecule has 2 rings (SSSR count). The monoisotopic (exact) mass is 217 g/mol. The Balaban J connectivity index is 2.22. The molecule has 0 unspecified atom stereocenters. The van der Waals surface area contributed by atoms with Gasteiger partial charge in [0.15, 0.2) is 0 Å². The van der Waals surface area contributed by atoms with Gasteiger partial charge in [-0.1, -0.05) is 32.9 Å². The van der Waals surface area contributed by atoms with Gasteiger partial charge < -0.3 is 4.74 Å². The molecule has 1 aliphatic carbocycles. The Morgan fingerprint density at radius 2 is 2.06 bits per heavy atom. The molecule has 0 bridgehead atoms. The third-order valence-corrected chi connectivity index (χ3v) is 3.07. The summed E-state index contributed by atoms with van der Waals surface area (Å²) in [6.45, 7) is 7.31. The zero-order valence-corrected chi connectivity index (χ0v) is 10.5. The average Bonchev–Trinajstić information content (AvgIpc) is 3.09. The van der Waals surface area contributed by atoms with E-state index in [2.05, 4.69) is 39.0 Å². The zero-order chi connectivity index (χ0) is 11.5. The molecule has 0 atom stereocenters. The zero-order valence-electron chi connectivity index (χ0n) is 10.5. The van der Waals surface area contributed by atoms with E-state index in [-0.39, 0.29) is 0 Å². The van der Waals surface area contributed by atoms with Crippen molar-refractivity contribution in [3.8, 4) is 5.75 Å². The quantitative estimate of drug-likeness (QED) is 0.714. The molecule has 0 spiro atoms. The van der Waals surface area contributed by atoms with E-state index in [0.29, 0.717) is 0 Å². The molecule has 0 aliphatic heterocycles. The van der Waals surface area contributed by atoms with Crippen molar-refractivity contribution < 1.29 is 4.74 Å². The van der Waals surface area contributed by atoms with Crippen LogP contribution < -0.4 is 4.74 Å². The molecule has 0 aromatic heterocycles. The minimum absolute atomic E-state index is 0.756. The predicted octanol–water partition coefficient (Wildman–Crippen LogP) is 4.32. The Bertz CT molecular complexity index is 350. The third-order valence-electron chi connectivity index (χ3n) is 3.07. The molecule has 0 saturated heterocycles. The summed E-state index contributed by atoms with van der Waals surface area (Å²) in [7, 11) is 0. The fourth-order valence-corrected chi connectivity index (χ4v) is 1.92. The number of hydrogen-bond donors (Lipinski definition) is 0. The summed E-state index contributed by atoms with van der Waals surface area (Å²) in [4.78, 5) is 0. The molecular weight excluding hydrogens is 196 g/mol. The average molecular weight is 217 g/mol. The van der Waals surface area contributed by atoms with E-state index in [4.69, 9.17) is 4.74 Å². The van der Waals surface area contributed by atoms with E-state index in [9.17, 15) is 0 Å². The SMILES string of the molecule is CCCOc1ccc([C](C)C)cc1C1CC1. The summed E-state index contributed by atoms with van der Waals surface area (Å²) in [6, 6.07) is 6.63. The van der Waals surface area contributed by atoms with Crippen LogP contribution in [0.25, 0.3) is 0 Å². The highest BCUT2D eigenvalue weighted by molar-refractivity contribution is 5.45. The standard InChI is InChI=1S/C15H21O/c1-4-9-16-15-8-7-13(11(2)3)10-14(15)12-5-6-12/h7-8,10,12H,4-6,9H2,1-3H3. The Morgan fingerprint density at radius 3 is 2.62 bits per heavy atom. The summed E-state index contributed by atoms with van der Waals surface area (Å²) in [5.41, 5.74) is 2.78. The fraction of sp³-hybridized carbons (Fsp3) is 0.533. The van der Waals surface area contributed by atoms with Crippen molar-refractivity contribution in [2.45, 2.75) is 46.0 Å². The maximum atomic E-state index is 5.81. The van der Waals surface area contributed by atoms with Gasteiger partial charge in [0.25, 0.3) is 0 Å². The molecular formula is C15H21O.